The standard InChI is InChI=1S/C27H26F6N4O3S/c1-34-25(36-8-3-10-37-11-9-35-16-37)24(41-17-38)13-18-4-7-22(23(12-18)39-2)40-15-19-5-6-20(26(28,29)30)14-21(19)27(31,32)33/h4-7,9,11-14,16-17H,3,8,10,15H2,1-2H3,(H,34,36)/b24-13-. The molecule has 0 aliphatic rings. The fourth-order valence-electron chi connectivity index (χ4n) is 3.72. The van der Waals surface area contributed by atoms with Crippen LogP contribution in [-0.2, 0) is 30.3 Å². The molecule has 0 unspecified atom stereocenters. The Bertz CT molecular complexity index is 1370. The summed E-state index contributed by atoms with van der Waals surface area (Å²) in [4.78, 5) is 20.1. The summed E-state index contributed by atoms with van der Waals surface area (Å²) in [5.74, 6) is 0.719. The quantitative estimate of drug-likeness (QED) is 0.0843. The van der Waals surface area contributed by atoms with Gasteiger partial charge in [-0.3, -0.25) is 9.79 Å². The van der Waals surface area contributed by atoms with Gasteiger partial charge in [-0.1, -0.05) is 23.9 Å². The highest BCUT2D eigenvalue weighted by molar-refractivity contribution is 8.16. The van der Waals surface area contributed by atoms with Crippen LogP contribution in [0, 0.1) is 0 Å². The third-order valence-corrected chi connectivity index (χ3v) is 6.35. The maximum atomic E-state index is 13.5. The van der Waals surface area contributed by atoms with Gasteiger partial charge in [-0.05, 0) is 42.3 Å². The van der Waals surface area contributed by atoms with Crippen molar-refractivity contribution in [1.82, 2.24) is 14.9 Å². The van der Waals surface area contributed by atoms with E-state index in [2.05, 4.69) is 15.3 Å². The van der Waals surface area contributed by atoms with Gasteiger partial charge in [0, 0.05) is 38.1 Å². The maximum absolute atomic E-state index is 13.5. The number of rotatable bonds is 12. The molecule has 0 spiro atoms. The first kappa shape index (κ1) is 31.6. The third kappa shape index (κ3) is 9.03. The van der Waals surface area contributed by atoms with Gasteiger partial charge in [-0.2, -0.15) is 26.3 Å². The molecule has 1 heterocycles. The summed E-state index contributed by atoms with van der Waals surface area (Å²) < 4.78 is 92.1. The topological polar surface area (TPSA) is 77.7 Å². The number of aryl methyl sites for hydroxylation is 1. The largest absolute Gasteiger partial charge is 0.493 e. The molecular weight excluding hydrogens is 574 g/mol. The molecule has 2 aromatic carbocycles. The molecule has 1 aromatic heterocycles. The lowest BCUT2D eigenvalue weighted by atomic mass is 10.0. The summed E-state index contributed by atoms with van der Waals surface area (Å²) >= 11 is 0.905. The number of alkyl halides is 6. The summed E-state index contributed by atoms with van der Waals surface area (Å²) in [6.07, 6.45) is -2.25. The number of carbonyl (C=O) groups is 1. The van der Waals surface area contributed by atoms with E-state index in [0.717, 1.165) is 30.8 Å². The van der Waals surface area contributed by atoms with Gasteiger partial charge < -0.3 is 19.4 Å². The van der Waals surface area contributed by atoms with E-state index in [1.165, 1.54) is 13.2 Å². The molecule has 220 valence electrons. The highest BCUT2D eigenvalue weighted by Crippen LogP contribution is 2.38. The van der Waals surface area contributed by atoms with Crippen molar-refractivity contribution in [2.24, 2.45) is 4.99 Å². The minimum Gasteiger partial charge on any atom is -0.493 e. The summed E-state index contributed by atoms with van der Waals surface area (Å²) in [6, 6.07) is 5.97. The van der Waals surface area contributed by atoms with Gasteiger partial charge in [0.05, 0.1) is 29.5 Å². The number of thioether (sulfide) groups is 1. The Morgan fingerprint density at radius 3 is 2.49 bits per heavy atom. The van der Waals surface area contributed by atoms with Crippen LogP contribution in [-0.4, -0.2) is 41.7 Å². The molecule has 1 N–H and O–H groups in total. The van der Waals surface area contributed by atoms with Crippen LogP contribution in [0.1, 0.15) is 28.7 Å². The second kappa shape index (κ2) is 14.1. The van der Waals surface area contributed by atoms with Crippen LogP contribution < -0.4 is 14.8 Å². The Morgan fingerprint density at radius 1 is 1.10 bits per heavy atom. The van der Waals surface area contributed by atoms with E-state index in [-0.39, 0.29) is 17.6 Å². The van der Waals surface area contributed by atoms with Crippen LogP contribution in [0.3, 0.4) is 0 Å². The van der Waals surface area contributed by atoms with Crippen molar-refractivity contribution in [3.63, 3.8) is 0 Å². The smallest absolute Gasteiger partial charge is 0.416 e. The zero-order valence-corrected chi connectivity index (χ0v) is 22.7. The molecule has 3 rings (SSSR count). The summed E-state index contributed by atoms with van der Waals surface area (Å²) in [5.41, 5.74) is -2.09. The van der Waals surface area contributed by atoms with E-state index >= 15 is 0 Å². The van der Waals surface area contributed by atoms with E-state index < -0.39 is 35.6 Å². The average molecular weight is 601 g/mol. The number of imidazole rings is 1. The number of hydrogen-bond acceptors (Lipinski definition) is 6. The van der Waals surface area contributed by atoms with Crippen molar-refractivity contribution >= 4 is 29.3 Å². The number of nitrogens with zero attached hydrogens (tertiary/aromatic N) is 3. The highest BCUT2D eigenvalue weighted by Gasteiger charge is 2.38. The molecule has 0 amide bonds. The number of halogens is 6. The highest BCUT2D eigenvalue weighted by atomic mass is 32.2. The van der Waals surface area contributed by atoms with Crippen molar-refractivity contribution in [2.75, 3.05) is 20.7 Å². The predicted octanol–water partition coefficient (Wildman–Crippen LogP) is 6.48. The molecule has 0 saturated heterocycles. The lowest BCUT2D eigenvalue weighted by Gasteiger charge is -2.17. The Morgan fingerprint density at radius 2 is 1.88 bits per heavy atom. The summed E-state index contributed by atoms with van der Waals surface area (Å²) in [7, 11) is 2.90. The van der Waals surface area contributed by atoms with Crippen LogP contribution in [0.25, 0.3) is 6.08 Å². The molecular formula is C27H26F6N4O3S. The maximum Gasteiger partial charge on any atom is 0.416 e. The number of nitrogens with one attached hydrogen (secondary N) is 1. The second-order valence-electron chi connectivity index (χ2n) is 8.44. The number of hydrogen-bond donors (Lipinski definition) is 1. The van der Waals surface area contributed by atoms with Crippen molar-refractivity contribution in [3.8, 4) is 11.5 Å². The van der Waals surface area contributed by atoms with Gasteiger partial charge in [0.1, 0.15) is 12.4 Å². The zero-order valence-electron chi connectivity index (χ0n) is 21.9. The van der Waals surface area contributed by atoms with E-state index in [0.29, 0.717) is 34.5 Å². The minimum absolute atomic E-state index is 0.0642. The van der Waals surface area contributed by atoms with Gasteiger partial charge in [-0.25, -0.2) is 4.98 Å². The number of ether oxygens (including phenoxy) is 2. The summed E-state index contributed by atoms with van der Waals surface area (Å²) in [6.45, 7) is 0.654. The van der Waals surface area contributed by atoms with Gasteiger partial charge in [-0.15, -0.1) is 0 Å². The molecule has 7 nitrogen and oxygen atoms in total. The second-order valence-corrected chi connectivity index (χ2v) is 9.31. The van der Waals surface area contributed by atoms with Crippen LogP contribution in [0.15, 0.2) is 65.0 Å². The fraction of sp³-hybridized carbons (Fsp3) is 0.296. The first-order chi connectivity index (χ1) is 19.5. The Hall–Kier alpha value is -3.94. The fourth-order valence-corrected chi connectivity index (χ4v) is 4.30. The predicted molar refractivity (Wildman–Crippen MR) is 144 cm³/mol. The van der Waals surface area contributed by atoms with E-state index in [4.69, 9.17) is 9.47 Å². The number of methoxy groups -OCH3 is 1. The van der Waals surface area contributed by atoms with Crippen LogP contribution in [0.4, 0.5) is 26.3 Å². The van der Waals surface area contributed by atoms with Crippen LogP contribution >= 0.6 is 11.8 Å². The summed E-state index contributed by atoms with van der Waals surface area (Å²) in [5, 5.41) is 3.20. The number of carbonyl (C=O) groups excluding carboxylic acids is 1. The van der Waals surface area contributed by atoms with E-state index in [1.54, 1.807) is 37.8 Å². The first-order valence-corrected chi connectivity index (χ1v) is 12.9. The number of aliphatic imine (C=N–C) groups is 1. The number of amidine groups is 1. The molecule has 0 fully saturated rings. The van der Waals surface area contributed by atoms with E-state index in [9.17, 15) is 31.1 Å². The van der Waals surface area contributed by atoms with Crippen LogP contribution in [0.2, 0.25) is 0 Å². The minimum atomic E-state index is -5.02. The average Bonchev–Trinajstić information content (AvgIpc) is 3.44. The normalized spacial score (nSPS) is 12.8. The lowest BCUT2D eigenvalue weighted by Crippen LogP contribution is -2.26. The van der Waals surface area contributed by atoms with Gasteiger partial charge in [0.15, 0.2) is 17.1 Å². The van der Waals surface area contributed by atoms with Gasteiger partial charge in [0.25, 0.3) is 0 Å². The Kier molecular flexibility index (Phi) is 10.9. The van der Waals surface area contributed by atoms with Crippen LogP contribution in [0.5, 0.6) is 11.5 Å². The number of aromatic nitrogens is 2. The van der Waals surface area contributed by atoms with E-state index in [1.807, 2.05) is 10.8 Å². The monoisotopic (exact) mass is 600 g/mol. The lowest BCUT2D eigenvalue weighted by molar-refractivity contribution is -0.143. The molecule has 0 saturated carbocycles. The van der Waals surface area contributed by atoms with Crippen molar-refractivity contribution in [3.05, 3.63) is 82.3 Å². The van der Waals surface area contributed by atoms with Crippen molar-refractivity contribution in [1.29, 1.82) is 0 Å². The molecule has 0 aliphatic carbocycles. The SMILES string of the molecule is CN=C(NCCCn1ccnc1)/C(=C/c1ccc(OCc2ccc(C(F)(F)F)cc2C(F)(F)F)c(OC)c1)SC=O. The molecule has 0 aliphatic heterocycles. The Labute approximate surface area is 236 Å². The van der Waals surface area contributed by atoms with Gasteiger partial charge >= 0.3 is 12.4 Å². The third-order valence-electron chi connectivity index (χ3n) is 5.69. The molecule has 3 aromatic rings. The van der Waals surface area contributed by atoms with Crippen molar-refractivity contribution in [2.45, 2.75) is 31.9 Å². The molecule has 0 atom stereocenters. The van der Waals surface area contributed by atoms with Gasteiger partial charge in [0.2, 0.25) is 0 Å². The molecule has 0 bridgehead atoms. The zero-order chi connectivity index (χ0) is 30.0. The number of benzene rings is 2. The van der Waals surface area contributed by atoms with Crippen molar-refractivity contribution < 1.29 is 40.6 Å². The Balaban J connectivity index is 1.76. The first-order valence-electron chi connectivity index (χ1n) is 12.0. The molecule has 41 heavy (non-hydrogen) atoms. The molecule has 14 heteroatoms. The molecule has 0 radical (unpaired) electrons.